The van der Waals surface area contributed by atoms with Crippen LogP contribution in [0.5, 0.6) is 0 Å². The van der Waals surface area contributed by atoms with E-state index >= 15 is 0 Å². The van der Waals surface area contributed by atoms with E-state index in [-0.39, 0.29) is 5.91 Å². The molecule has 1 aromatic carbocycles. The fourth-order valence-corrected chi connectivity index (χ4v) is 3.42. The lowest BCUT2D eigenvalue weighted by Crippen LogP contribution is -2.27. The van der Waals surface area contributed by atoms with Crippen LogP contribution in [-0.4, -0.2) is 23.6 Å². The predicted molar refractivity (Wildman–Crippen MR) is 84.0 cm³/mol. The Morgan fingerprint density at radius 1 is 1.53 bits per heavy atom. The van der Waals surface area contributed by atoms with Crippen molar-refractivity contribution in [2.75, 3.05) is 18.5 Å². The molecule has 0 radical (unpaired) electrons. The summed E-state index contributed by atoms with van der Waals surface area (Å²) < 4.78 is 0.975. The first kappa shape index (κ1) is 14.5. The summed E-state index contributed by atoms with van der Waals surface area (Å²) in [7, 11) is 1.85. The molecule has 1 aromatic rings. The molecular weight excluding hydrogens is 324 g/mol. The fourth-order valence-electron chi connectivity index (χ4n) is 1.99. The Balaban J connectivity index is 1.94. The number of nitrogens with zero attached hydrogens (tertiary/aromatic N) is 1. The third kappa shape index (κ3) is 3.76. The highest BCUT2D eigenvalue weighted by atomic mass is 79.9. The van der Waals surface area contributed by atoms with Gasteiger partial charge in [0.2, 0.25) is 5.91 Å². The van der Waals surface area contributed by atoms with Gasteiger partial charge in [-0.15, -0.1) is 11.8 Å². The molecule has 0 saturated heterocycles. The van der Waals surface area contributed by atoms with E-state index < -0.39 is 0 Å². The van der Waals surface area contributed by atoms with Crippen molar-refractivity contribution < 1.29 is 4.79 Å². The average Bonchev–Trinajstić information content (AvgIpc) is 2.92. The molecular formula is C14H17BrN2OS. The molecule has 1 amide bonds. The van der Waals surface area contributed by atoms with Gasteiger partial charge in [0.15, 0.2) is 0 Å². The molecule has 0 spiro atoms. The van der Waals surface area contributed by atoms with Gasteiger partial charge in [-0.2, -0.15) is 0 Å². The van der Waals surface area contributed by atoms with Crippen molar-refractivity contribution in [3.8, 4) is 0 Å². The topological polar surface area (TPSA) is 46.3 Å². The lowest BCUT2D eigenvalue weighted by molar-refractivity contribution is -0.125. The minimum absolute atomic E-state index is 0.123. The second-order valence-electron chi connectivity index (χ2n) is 4.51. The smallest absolute Gasteiger partial charge is 0.236 e. The quantitative estimate of drug-likeness (QED) is 0.672. The number of allylic oxidation sites excluding steroid dienone is 2. The standard InChI is InChI=1S/C14H17BrN2OS/c1-17(11-4-2-3-5-11)14(18)9-19-13-8-10(15)6-7-12(13)16/h4,6-8H,2-3,5,9,16H2,1H3. The Labute approximate surface area is 126 Å². The number of halogens is 1. The molecule has 0 aliphatic heterocycles. The molecule has 1 aliphatic carbocycles. The van der Waals surface area contributed by atoms with Crippen molar-refractivity contribution >= 4 is 39.3 Å². The number of hydrogen-bond acceptors (Lipinski definition) is 3. The molecule has 3 nitrogen and oxygen atoms in total. The highest BCUT2D eigenvalue weighted by Crippen LogP contribution is 2.29. The first-order valence-corrected chi connectivity index (χ1v) is 7.99. The van der Waals surface area contributed by atoms with E-state index in [1.165, 1.54) is 11.8 Å². The Hall–Kier alpha value is -0.940. The second-order valence-corrected chi connectivity index (χ2v) is 6.44. The largest absolute Gasteiger partial charge is 0.398 e. The number of carbonyl (C=O) groups is 1. The average molecular weight is 341 g/mol. The molecule has 0 unspecified atom stereocenters. The summed E-state index contributed by atoms with van der Waals surface area (Å²) in [5.74, 6) is 0.534. The van der Waals surface area contributed by atoms with Crippen molar-refractivity contribution in [2.45, 2.75) is 24.2 Å². The van der Waals surface area contributed by atoms with Crippen LogP contribution in [0.4, 0.5) is 5.69 Å². The van der Waals surface area contributed by atoms with Gasteiger partial charge in [0.25, 0.3) is 0 Å². The summed E-state index contributed by atoms with van der Waals surface area (Å²) in [5, 5.41) is 0. The molecule has 0 atom stereocenters. The maximum absolute atomic E-state index is 12.1. The summed E-state index contributed by atoms with van der Waals surface area (Å²) in [6, 6.07) is 5.69. The monoisotopic (exact) mass is 340 g/mol. The molecule has 19 heavy (non-hydrogen) atoms. The molecule has 0 heterocycles. The molecule has 0 fully saturated rings. The first-order chi connectivity index (χ1) is 9.08. The maximum Gasteiger partial charge on any atom is 0.236 e. The third-order valence-corrected chi connectivity index (χ3v) is 4.70. The van der Waals surface area contributed by atoms with Gasteiger partial charge in [-0.05, 0) is 37.5 Å². The molecule has 5 heteroatoms. The first-order valence-electron chi connectivity index (χ1n) is 6.21. The zero-order valence-corrected chi connectivity index (χ0v) is 13.3. The van der Waals surface area contributed by atoms with Crippen LogP contribution >= 0.6 is 27.7 Å². The van der Waals surface area contributed by atoms with E-state index in [9.17, 15) is 4.79 Å². The highest BCUT2D eigenvalue weighted by Gasteiger charge is 2.16. The summed E-state index contributed by atoms with van der Waals surface area (Å²) in [6.07, 6.45) is 5.39. The number of amides is 1. The SMILES string of the molecule is CN(C(=O)CSc1cc(Br)ccc1N)C1=CCCC1. The van der Waals surface area contributed by atoms with E-state index in [0.29, 0.717) is 11.4 Å². The van der Waals surface area contributed by atoms with E-state index in [0.717, 1.165) is 34.3 Å². The van der Waals surface area contributed by atoms with Crippen molar-refractivity contribution in [2.24, 2.45) is 0 Å². The minimum atomic E-state index is 0.123. The van der Waals surface area contributed by atoms with Gasteiger partial charge in [-0.3, -0.25) is 4.79 Å². The number of nitrogens with two attached hydrogens (primary N) is 1. The predicted octanol–water partition coefficient (Wildman–Crippen LogP) is 3.65. The molecule has 1 aliphatic rings. The van der Waals surface area contributed by atoms with Crippen LogP contribution in [0.25, 0.3) is 0 Å². The van der Waals surface area contributed by atoms with Gasteiger partial charge in [-0.1, -0.05) is 22.0 Å². The molecule has 2 N–H and O–H groups in total. The molecule has 0 bridgehead atoms. The Morgan fingerprint density at radius 2 is 2.32 bits per heavy atom. The zero-order valence-electron chi connectivity index (χ0n) is 10.9. The summed E-state index contributed by atoms with van der Waals surface area (Å²) in [4.78, 5) is 14.8. The van der Waals surface area contributed by atoms with Gasteiger partial charge >= 0.3 is 0 Å². The summed E-state index contributed by atoms with van der Waals surface area (Å²) >= 11 is 4.90. The van der Waals surface area contributed by atoms with Gasteiger partial charge in [0.1, 0.15) is 0 Å². The van der Waals surface area contributed by atoms with Crippen LogP contribution < -0.4 is 5.73 Å². The Kier molecular flexibility index (Phi) is 4.93. The van der Waals surface area contributed by atoms with Crippen molar-refractivity contribution in [1.29, 1.82) is 0 Å². The van der Waals surface area contributed by atoms with E-state index in [2.05, 4.69) is 22.0 Å². The van der Waals surface area contributed by atoms with Crippen molar-refractivity contribution in [1.82, 2.24) is 4.90 Å². The Morgan fingerprint density at radius 3 is 3.00 bits per heavy atom. The van der Waals surface area contributed by atoms with Gasteiger partial charge in [0.05, 0.1) is 5.75 Å². The number of hydrogen-bond donors (Lipinski definition) is 1. The van der Waals surface area contributed by atoms with Gasteiger partial charge in [-0.25, -0.2) is 0 Å². The Bertz CT molecular complexity index is 516. The van der Waals surface area contributed by atoms with Gasteiger partial charge < -0.3 is 10.6 Å². The molecule has 2 rings (SSSR count). The fraction of sp³-hybridized carbons (Fsp3) is 0.357. The molecule has 102 valence electrons. The van der Waals surface area contributed by atoms with Crippen LogP contribution in [-0.2, 0) is 4.79 Å². The van der Waals surface area contributed by atoms with E-state index in [1.807, 2.05) is 25.2 Å². The van der Waals surface area contributed by atoms with E-state index in [1.54, 1.807) is 4.90 Å². The normalized spacial score (nSPS) is 14.3. The number of benzene rings is 1. The number of carbonyl (C=O) groups excluding carboxylic acids is 1. The van der Waals surface area contributed by atoms with Crippen LogP contribution in [0.2, 0.25) is 0 Å². The summed E-state index contributed by atoms with van der Waals surface area (Å²) in [6.45, 7) is 0. The molecule has 0 aromatic heterocycles. The number of anilines is 1. The van der Waals surface area contributed by atoms with Crippen LogP contribution in [0.15, 0.2) is 39.3 Å². The lowest BCUT2D eigenvalue weighted by Gasteiger charge is -2.18. The second kappa shape index (κ2) is 6.48. The lowest BCUT2D eigenvalue weighted by atomic mass is 10.3. The number of nitrogen functional groups attached to an aromatic ring is 1. The van der Waals surface area contributed by atoms with Crippen molar-refractivity contribution in [3.63, 3.8) is 0 Å². The van der Waals surface area contributed by atoms with Crippen LogP contribution in [0.1, 0.15) is 19.3 Å². The van der Waals surface area contributed by atoms with Crippen molar-refractivity contribution in [3.05, 3.63) is 34.4 Å². The number of rotatable bonds is 4. The summed E-state index contributed by atoms with van der Waals surface area (Å²) in [5.41, 5.74) is 7.75. The molecule has 0 saturated carbocycles. The minimum Gasteiger partial charge on any atom is -0.398 e. The van der Waals surface area contributed by atoms with E-state index in [4.69, 9.17) is 5.73 Å². The third-order valence-electron chi connectivity index (χ3n) is 3.15. The van der Waals surface area contributed by atoms with Crippen LogP contribution in [0.3, 0.4) is 0 Å². The van der Waals surface area contributed by atoms with Crippen LogP contribution in [0, 0.1) is 0 Å². The van der Waals surface area contributed by atoms with Gasteiger partial charge in [0, 0.05) is 27.8 Å². The number of thioether (sulfide) groups is 1. The zero-order chi connectivity index (χ0) is 13.8. The maximum atomic E-state index is 12.1. The highest BCUT2D eigenvalue weighted by molar-refractivity contribution is 9.10.